The minimum Gasteiger partial charge on any atom is -0.299 e. The highest BCUT2D eigenvalue weighted by atomic mass is 15.3. The molecule has 0 saturated carbocycles. The predicted molar refractivity (Wildman–Crippen MR) is 550 cm³/mol. The first-order chi connectivity index (χ1) is 67.9. The molecule has 28 rings (SSSR count). The first-order valence-electron chi connectivity index (χ1n) is 45.7. The summed E-state index contributed by atoms with van der Waals surface area (Å²) in [6.45, 7) is 12.3. The Bertz CT molecular complexity index is 8170. The van der Waals surface area contributed by atoms with Crippen molar-refractivity contribution in [2.75, 3.05) is 0 Å². The van der Waals surface area contributed by atoms with Crippen LogP contribution in [0.2, 0.25) is 0 Å². The second-order valence-electron chi connectivity index (χ2n) is 34.4. The van der Waals surface area contributed by atoms with Crippen LogP contribution in [0.5, 0.6) is 0 Å². The van der Waals surface area contributed by atoms with E-state index >= 15 is 0 Å². The van der Waals surface area contributed by atoms with Crippen molar-refractivity contribution in [1.29, 1.82) is 0 Å². The highest BCUT2D eigenvalue weighted by molar-refractivity contribution is 5.90. The summed E-state index contributed by atoms with van der Waals surface area (Å²) in [5.41, 5.74) is 33.8. The number of nitrogens with zero attached hydrogens (tertiary/aromatic N) is 24. The van der Waals surface area contributed by atoms with Crippen LogP contribution in [-0.2, 0) is 0 Å². The van der Waals surface area contributed by atoms with Gasteiger partial charge in [0.15, 0.2) is 0 Å². The first kappa shape index (κ1) is 81.2. The molecule has 0 bridgehead atoms. The lowest BCUT2D eigenvalue weighted by Gasteiger charge is -2.16. The predicted octanol–water partition coefficient (Wildman–Crippen LogP) is 24.7. The van der Waals surface area contributed by atoms with Crippen molar-refractivity contribution < 1.29 is 0 Å². The molecule has 138 heavy (non-hydrogen) atoms. The molecule has 0 unspecified atom stereocenters. The fourth-order valence-electron chi connectivity index (χ4n) is 19.7. The molecule has 0 saturated heterocycles. The maximum Gasteiger partial charge on any atom is 0.111 e. The Morgan fingerprint density at radius 2 is 0.326 bits per heavy atom. The highest BCUT2D eigenvalue weighted by Crippen LogP contribution is 2.38. The van der Waals surface area contributed by atoms with Gasteiger partial charge in [0.1, 0.15) is 53.9 Å². The molecule has 16 aromatic carbocycles. The number of para-hydroxylation sites is 21. The molecule has 0 amide bonds. The van der Waals surface area contributed by atoms with Crippen molar-refractivity contribution >= 4 is 132 Å². The summed E-state index contributed by atoms with van der Waals surface area (Å²) in [6.07, 6.45) is 11.3. The quantitative estimate of drug-likeness (QED) is 0.112. The molecule has 24 heteroatoms. The third-order valence-electron chi connectivity index (χ3n) is 25.8. The summed E-state index contributed by atoms with van der Waals surface area (Å²) in [4.78, 5) is 42.8. The molecule has 0 aliphatic carbocycles. The van der Waals surface area contributed by atoms with Gasteiger partial charge in [0, 0.05) is 16.2 Å². The fourth-order valence-corrected chi connectivity index (χ4v) is 19.7. The third kappa shape index (κ3) is 14.1. The summed E-state index contributed by atoms with van der Waals surface area (Å²) in [5, 5.41) is 17.4. The van der Waals surface area contributed by atoms with Gasteiger partial charge >= 0.3 is 0 Å². The highest BCUT2D eigenvalue weighted by Gasteiger charge is 2.24. The molecule has 0 radical (unpaired) electrons. The van der Waals surface area contributed by atoms with E-state index in [1.807, 2.05) is 179 Å². The number of aromatic nitrogens is 24. The lowest BCUT2D eigenvalue weighted by molar-refractivity contribution is 0.863. The van der Waals surface area contributed by atoms with Gasteiger partial charge in [-0.25, -0.2) is 58.9 Å². The van der Waals surface area contributed by atoms with Crippen LogP contribution >= 0.6 is 0 Å². The normalized spacial score (nSPS) is 11.7. The van der Waals surface area contributed by atoms with Crippen molar-refractivity contribution in [2.45, 2.75) is 41.5 Å². The van der Waals surface area contributed by atoms with Crippen LogP contribution in [0.4, 0.5) is 0 Å². The molecule has 12 aromatic heterocycles. The van der Waals surface area contributed by atoms with Gasteiger partial charge in [-0.3, -0.25) is 41.1 Å². The molecule has 0 atom stereocenters. The van der Waals surface area contributed by atoms with Crippen molar-refractivity contribution in [1.82, 2.24) is 115 Å². The minimum atomic E-state index is 0.943. The van der Waals surface area contributed by atoms with Gasteiger partial charge < -0.3 is 0 Å². The molecule has 660 valence electrons. The van der Waals surface area contributed by atoms with Crippen LogP contribution in [0.25, 0.3) is 200 Å². The van der Waals surface area contributed by atoms with Crippen LogP contribution in [0.15, 0.2) is 402 Å². The molecule has 0 fully saturated rings. The average Bonchev–Trinajstić information content (AvgIpc) is 1.61. The molecule has 0 aliphatic heterocycles. The van der Waals surface area contributed by atoms with Gasteiger partial charge in [0.2, 0.25) is 0 Å². The van der Waals surface area contributed by atoms with Crippen molar-refractivity contribution in [3.63, 3.8) is 0 Å². The SMILES string of the molecule is Cc1nc2ccccc2n1-c1cc(-n2c(C)nc3ccccc32)cc(-n2c(C)nc3ccccc32)c1.Cc1nc2ccccc2n1-c1cc(-n2c(C)nc3ccccc32)cc(-n2c(C)nc3ccccc32)c1.c1ccc2c(c1)cnn2-c1cc(-n2ncc3ccccc32)cc(-n2ncc3ccccc32)c1.c1ccc2c(c1)ncn2-c1cc(-n2cnc3ccccc32)cc(-n2cnc3ccccc32)c1. The van der Waals surface area contributed by atoms with E-state index in [9.17, 15) is 0 Å². The molecular formula is C114H84N24. The number of hydrogen-bond acceptors (Lipinski definition) is 12. The smallest absolute Gasteiger partial charge is 0.111 e. The number of imidazole rings is 9. The summed E-state index contributed by atoms with van der Waals surface area (Å²) in [6, 6.07) is 125. The van der Waals surface area contributed by atoms with Crippen molar-refractivity contribution in [3.05, 3.63) is 437 Å². The molecule has 0 aliphatic rings. The lowest BCUT2D eigenvalue weighted by Crippen LogP contribution is -2.06. The number of fused-ring (bicyclic) bond motifs is 12. The van der Waals surface area contributed by atoms with Crippen molar-refractivity contribution in [3.8, 4) is 68.2 Å². The molecular weight excluding hydrogens is 1710 g/mol. The van der Waals surface area contributed by atoms with Gasteiger partial charge in [0.05, 0.1) is 203 Å². The third-order valence-corrected chi connectivity index (χ3v) is 25.8. The standard InChI is InChI=1S/2C30H24N6.2C27H18N6/c2*1-19-31-25-10-4-7-13-28(25)34(19)22-16-23(35-20(2)32-26-11-5-8-14-29(26)35)18-24(17-22)36-21(3)33-27-12-6-9-15-30(27)36;1-4-10-25-22(7-1)28-16-31(25)19-13-20(32-17-29-23-8-2-5-11-26(23)32)15-21(14-19)33-18-30-24-9-3-6-12-27(24)33;1-4-10-25-19(7-1)16-28-31(25)22-13-23(32-26-11-5-2-8-20(26)17-29-32)15-24(14-22)33-27-12-6-3-9-21(27)18-30-33/h2*4-18H,1-3H3;2*1-18H. The zero-order valence-electron chi connectivity index (χ0n) is 75.8. The zero-order valence-corrected chi connectivity index (χ0v) is 75.8. The van der Waals surface area contributed by atoms with Crippen LogP contribution in [-0.4, -0.2) is 115 Å². The molecule has 0 N–H and O–H groups in total. The number of hydrogen-bond donors (Lipinski definition) is 0. The number of rotatable bonds is 12. The zero-order chi connectivity index (χ0) is 92.3. The summed E-state index contributed by atoms with van der Waals surface area (Å²) >= 11 is 0. The average molecular weight is 1790 g/mol. The van der Waals surface area contributed by atoms with Gasteiger partial charge in [-0.05, 0) is 242 Å². The Kier molecular flexibility index (Phi) is 19.5. The van der Waals surface area contributed by atoms with Gasteiger partial charge in [-0.15, -0.1) is 0 Å². The molecule has 24 nitrogen and oxygen atoms in total. The largest absolute Gasteiger partial charge is 0.299 e. The minimum absolute atomic E-state index is 0.943. The fraction of sp³-hybridized carbons (Fsp3) is 0.0526. The Morgan fingerprint density at radius 3 is 0.543 bits per heavy atom. The van der Waals surface area contributed by atoms with Gasteiger partial charge in [-0.1, -0.05) is 164 Å². The summed E-state index contributed by atoms with van der Waals surface area (Å²) in [7, 11) is 0. The van der Waals surface area contributed by atoms with E-state index in [1.165, 1.54) is 0 Å². The lowest BCUT2D eigenvalue weighted by atomic mass is 10.2. The Morgan fingerprint density at radius 1 is 0.159 bits per heavy atom. The number of benzene rings is 16. The Balaban J connectivity index is 0.0000000976. The second-order valence-corrected chi connectivity index (χ2v) is 34.4. The van der Waals surface area contributed by atoms with Crippen LogP contribution < -0.4 is 0 Å². The topological polar surface area (TPSA) is 214 Å². The van der Waals surface area contributed by atoms with E-state index in [4.69, 9.17) is 45.2 Å². The van der Waals surface area contributed by atoms with E-state index in [1.54, 1.807) is 0 Å². The van der Waals surface area contributed by atoms with E-state index < -0.39 is 0 Å². The van der Waals surface area contributed by atoms with Gasteiger partial charge in [-0.2, -0.15) is 15.3 Å². The van der Waals surface area contributed by atoms with E-state index in [-0.39, 0.29) is 0 Å². The maximum atomic E-state index is 4.83. The van der Waals surface area contributed by atoms with Crippen LogP contribution in [0.1, 0.15) is 34.9 Å². The Hall–Kier alpha value is -18.8. The van der Waals surface area contributed by atoms with E-state index in [0.717, 1.165) is 235 Å². The first-order valence-corrected chi connectivity index (χ1v) is 45.7. The second kappa shape index (κ2) is 33.2. The summed E-state index contributed by atoms with van der Waals surface area (Å²) < 4.78 is 25.7. The maximum absolute atomic E-state index is 4.83. The molecule has 12 heterocycles. The van der Waals surface area contributed by atoms with Gasteiger partial charge in [0.25, 0.3) is 0 Å². The molecule has 0 spiro atoms. The Labute approximate surface area is 788 Å². The van der Waals surface area contributed by atoms with Crippen LogP contribution in [0.3, 0.4) is 0 Å². The molecule has 28 aromatic rings. The monoisotopic (exact) mass is 1790 g/mol. The number of aryl methyl sites for hydroxylation is 6. The van der Waals surface area contributed by atoms with E-state index in [0.29, 0.717) is 0 Å². The summed E-state index contributed by atoms with van der Waals surface area (Å²) in [5.74, 6) is 5.66. The van der Waals surface area contributed by atoms with Crippen LogP contribution in [0, 0.1) is 41.5 Å². The van der Waals surface area contributed by atoms with Crippen molar-refractivity contribution in [2.24, 2.45) is 0 Å². The van der Waals surface area contributed by atoms with E-state index in [2.05, 4.69) is 334 Å².